The van der Waals surface area contributed by atoms with Crippen LogP contribution in [0.15, 0.2) is 24.3 Å². The molecule has 0 aromatic heterocycles. The summed E-state index contributed by atoms with van der Waals surface area (Å²) in [5.41, 5.74) is -1.23. The summed E-state index contributed by atoms with van der Waals surface area (Å²) in [4.78, 5) is 0. The average Bonchev–Trinajstić information content (AvgIpc) is 2.94. The van der Waals surface area contributed by atoms with Crippen LogP contribution in [-0.4, -0.2) is 100 Å². The Labute approximate surface area is 248 Å². The highest BCUT2D eigenvalue weighted by Gasteiger charge is 2.29. The summed E-state index contributed by atoms with van der Waals surface area (Å²) < 4.78 is 40.0. The Balaban J connectivity index is 2.55. The number of aliphatic hydroxyl groups is 2. The molecule has 0 aliphatic carbocycles. The molecule has 0 bridgehead atoms. The van der Waals surface area contributed by atoms with E-state index in [4.69, 9.17) is 33.2 Å². The minimum Gasteiger partial charge on any atom is -0.383 e. The van der Waals surface area contributed by atoms with Gasteiger partial charge in [0.1, 0.15) is 11.2 Å². The van der Waals surface area contributed by atoms with Gasteiger partial charge in [0.25, 0.3) is 0 Å². The van der Waals surface area contributed by atoms with Gasteiger partial charge in [0.15, 0.2) is 0 Å². The monoisotopic (exact) mass is 586 g/mol. The van der Waals surface area contributed by atoms with Crippen LogP contribution in [0.1, 0.15) is 79.9 Å². The first-order valence-corrected chi connectivity index (χ1v) is 14.9. The second-order valence-corrected chi connectivity index (χ2v) is 11.8. The van der Waals surface area contributed by atoms with E-state index < -0.39 is 11.2 Å². The fourth-order valence-electron chi connectivity index (χ4n) is 3.76. The predicted octanol–water partition coefficient (Wildman–Crippen LogP) is 4.59. The molecule has 0 saturated heterocycles. The third-order valence-corrected chi connectivity index (χ3v) is 6.84. The van der Waals surface area contributed by atoms with Gasteiger partial charge in [0.2, 0.25) is 0 Å². The van der Waals surface area contributed by atoms with Crippen molar-refractivity contribution < 1.29 is 43.4 Å². The van der Waals surface area contributed by atoms with Gasteiger partial charge < -0.3 is 43.4 Å². The van der Waals surface area contributed by atoms with Crippen LogP contribution < -0.4 is 0 Å². The van der Waals surface area contributed by atoms with Crippen molar-refractivity contribution in [2.24, 2.45) is 0 Å². The van der Waals surface area contributed by atoms with E-state index in [1.165, 1.54) is 0 Å². The molecule has 0 aliphatic heterocycles. The lowest BCUT2D eigenvalue weighted by molar-refractivity contribution is -0.105. The van der Waals surface area contributed by atoms with E-state index in [0.29, 0.717) is 44.2 Å². The molecular weight excluding hydrogens is 528 g/mol. The van der Waals surface area contributed by atoms with E-state index in [0.717, 1.165) is 6.42 Å². The number of hydrogen-bond donors (Lipinski definition) is 2. The van der Waals surface area contributed by atoms with Gasteiger partial charge in [-0.2, -0.15) is 0 Å². The lowest BCUT2D eigenvalue weighted by Crippen LogP contribution is -2.34. The summed E-state index contributed by atoms with van der Waals surface area (Å²) in [6.45, 7) is 19.7. The molecule has 0 amide bonds. The molecule has 8 atom stereocenters. The molecule has 0 spiro atoms. The third-order valence-electron chi connectivity index (χ3n) is 6.84. The molecule has 2 N–H and O–H groups in total. The Morgan fingerprint density at radius 3 is 1.29 bits per heavy atom. The first-order chi connectivity index (χ1) is 19.2. The third kappa shape index (κ3) is 15.8. The van der Waals surface area contributed by atoms with Crippen LogP contribution in [0.2, 0.25) is 0 Å². The Bertz CT molecular complexity index is 816. The normalized spacial score (nSPS) is 19.5. The predicted molar refractivity (Wildman–Crippen MR) is 160 cm³/mol. The van der Waals surface area contributed by atoms with Crippen molar-refractivity contribution in [1.82, 2.24) is 0 Å². The standard InChI is InChI=1S/C32H58O9/c1-11-23(2)36-17-25(4)38-19-27(6)40-21-31(8,33)29-13-12-14-30(15-29)32(9,34)22-41-28(7)20-39-26(5)18-37-24(3)16-35-10/h12-15,23-28,33-34H,11,16-22H2,1-10H3. The highest BCUT2D eigenvalue weighted by molar-refractivity contribution is 5.31. The van der Waals surface area contributed by atoms with Gasteiger partial charge in [-0.1, -0.05) is 25.1 Å². The fraction of sp³-hybridized carbons (Fsp3) is 0.812. The van der Waals surface area contributed by atoms with Gasteiger partial charge in [-0.15, -0.1) is 0 Å². The molecular formula is C32H58O9. The average molecular weight is 587 g/mol. The van der Waals surface area contributed by atoms with Crippen molar-refractivity contribution in [3.05, 3.63) is 35.4 Å². The smallest absolute Gasteiger partial charge is 0.110 e. The number of methoxy groups -OCH3 is 1. The number of ether oxygens (including phenoxy) is 7. The highest BCUT2D eigenvalue weighted by Crippen LogP contribution is 2.28. The highest BCUT2D eigenvalue weighted by atomic mass is 16.6. The van der Waals surface area contributed by atoms with Crippen molar-refractivity contribution in [3.63, 3.8) is 0 Å². The minimum atomic E-state index is -1.26. The zero-order chi connectivity index (χ0) is 31.1. The van der Waals surface area contributed by atoms with Gasteiger partial charge >= 0.3 is 0 Å². The van der Waals surface area contributed by atoms with Crippen molar-refractivity contribution in [3.8, 4) is 0 Å². The fourth-order valence-corrected chi connectivity index (χ4v) is 3.76. The van der Waals surface area contributed by atoms with E-state index in [1.54, 1.807) is 27.0 Å². The maximum atomic E-state index is 11.2. The Morgan fingerprint density at radius 2 is 0.927 bits per heavy atom. The Kier molecular flexibility index (Phi) is 17.7. The lowest BCUT2D eigenvalue weighted by Gasteiger charge is -2.30. The summed E-state index contributed by atoms with van der Waals surface area (Å²) in [5.74, 6) is 0. The van der Waals surface area contributed by atoms with Crippen LogP contribution in [0.3, 0.4) is 0 Å². The summed E-state index contributed by atoms with van der Waals surface area (Å²) in [7, 11) is 1.65. The molecule has 0 radical (unpaired) electrons. The summed E-state index contributed by atoms with van der Waals surface area (Å²) in [6, 6.07) is 7.26. The second-order valence-electron chi connectivity index (χ2n) is 11.8. The quantitative estimate of drug-likeness (QED) is 0.191. The topological polar surface area (TPSA) is 105 Å². The zero-order valence-electron chi connectivity index (χ0n) is 27.2. The maximum absolute atomic E-state index is 11.2. The number of hydrogen-bond acceptors (Lipinski definition) is 9. The molecule has 0 saturated carbocycles. The van der Waals surface area contributed by atoms with E-state index >= 15 is 0 Å². The first-order valence-electron chi connectivity index (χ1n) is 14.9. The molecule has 9 nitrogen and oxygen atoms in total. The molecule has 0 aliphatic rings. The van der Waals surface area contributed by atoms with E-state index in [9.17, 15) is 10.2 Å². The van der Waals surface area contributed by atoms with Gasteiger partial charge in [0.05, 0.1) is 82.9 Å². The van der Waals surface area contributed by atoms with Crippen molar-refractivity contribution >= 4 is 0 Å². The molecule has 1 aromatic rings. The second kappa shape index (κ2) is 19.2. The van der Waals surface area contributed by atoms with Gasteiger partial charge in [0, 0.05) is 7.11 Å². The number of rotatable bonds is 23. The van der Waals surface area contributed by atoms with Crippen LogP contribution in [-0.2, 0) is 44.4 Å². The summed E-state index contributed by atoms with van der Waals surface area (Å²) >= 11 is 0. The summed E-state index contributed by atoms with van der Waals surface area (Å²) in [6.07, 6.45) is 0.599. The van der Waals surface area contributed by atoms with Crippen LogP contribution in [0, 0.1) is 0 Å². The molecule has 9 heteroatoms. The lowest BCUT2D eigenvalue weighted by atomic mass is 9.90. The molecule has 8 unspecified atom stereocenters. The minimum absolute atomic E-state index is 0.00360. The molecule has 0 heterocycles. The largest absolute Gasteiger partial charge is 0.383 e. The van der Waals surface area contributed by atoms with Crippen molar-refractivity contribution in [1.29, 1.82) is 0 Å². The van der Waals surface area contributed by atoms with E-state index in [-0.39, 0.29) is 49.8 Å². The van der Waals surface area contributed by atoms with Crippen LogP contribution in [0.4, 0.5) is 0 Å². The van der Waals surface area contributed by atoms with Gasteiger partial charge in [-0.05, 0) is 79.0 Å². The SMILES string of the molecule is CCC(C)OCC(C)OCC(C)OCC(C)(O)c1cccc(C(C)(O)COC(C)COC(C)COC(C)COC)c1. The van der Waals surface area contributed by atoms with Crippen LogP contribution in [0.25, 0.3) is 0 Å². The molecule has 41 heavy (non-hydrogen) atoms. The Morgan fingerprint density at radius 1 is 0.585 bits per heavy atom. The molecule has 0 fully saturated rings. The van der Waals surface area contributed by atoms with Gasteiger partial charge in [-0.25, -0.2) is 0 Å². The Hall–Kier alpha value is -1.14. The number of benzene rings is 1. The van der Waals surface area contributed by atoms with E-state index in [1.807, 2.05) is 59.7 Å². The zero-order valence-corrected chi connectivity index (χ0v) is 27.2. The molecule has 240 valence electrons. The van der Waals surface area contributed by atoms with Crippen LogP contribution >= 0.6 is 0 Å². The first kappa shape index (κ1) is 37.9. The molecule has 1 aromatic carbocycles. The molecule has 1 rings (SSSR count). The maximum Gasteiger partial charge on any atom is 0.110 e. The van der Waals surface area contributed by atoms with Crippen molar-refractivity contribution in [2.75, 3.05) is 53.4 Å². The van der Waals surface area contributed by atoms with E-state index in [2.05, 4.69) is 6.92 Å². The van der Waals surface area contributed by atoms with Crippen molar-refractivity contribution in [2.45, 2.75) is 117 Å². The van der Waals surface area contributed by atoms with Crippen LogP contribution in [0.5, 0.6) is 0 Å². The van der Waals surface area contributed by atoms with Gasteiger partial charge in [-0.3, -0.25) is 0 Å². The summed E-state index contributed by atoms with van der Waals surface area (Å²) in [5, 5.41) is 22.4.